The van der Waals surface area contributed by atoms with E-state index in [9.17, 15) is 0 Å². The summed E-state index contributed by atoms with van der Waals surface area (Å²) in [5.41, 5.74) is 0. The lowest BCUT2D eigenvalue weighted by atomic mass is 14.0. The van der Waals surface area contributed by atoms with Gasteiger partial charge in [0.1, 0.15) is 0 Å². The van der Waals surface area contributed by atoms with Gasteiger partial charge in [-0.05, 0) is 0 Å². The van der Waals surface area contributed by atoms with Crippen LogP contribution < -0.4 is 18.5 Å². The molecule has 0 saturated carbocycles. The fraction of sp³-hybridized carbons (Fsp3) is 0. The van der Waals surface area contributed by atoms with Crippen LogP contribution in [0.2, 0.25) is 0 Å². The van der Waals surface area contributed by atoms with E-state index in [-0.39, 0.29) is 42.4 Å². The van der Waals surface area contributed by atoms with Crippen LogP contribution in [-0.4, -0.2) is 0 Å². The predicted octanol–water partition coefficient (Wildman–Crippen LogP) is 1.10. The first-order chi connectivity index (χ1) is 0. The largest absolute Gasteiger partial charge is 0.344 e. The quantitative estimate of drug-likeness (QED) is 0.484. The minimum atomic E-state index is 0. The van der Waals surface area contributed by atoms with Crippen molar-refractivity contribution in [1.29, 1.82) is 0 Å². The normalized spacial score (nSPS) is 0. The summed E-state index contributed by atoms with van der Waals surface area (Å²) in [5, 5.41) is 0. The van der Waals surface area contributed by atoms with E-state index < -0.39 is 0 Å². The highest BCUT2D eigenvalue weighted by molar-refractivity contribution is 14.0. The molecule has 3 nitrogen and oxygen atoms in total. The summed E-state index contributed by atoms with van der Waals surface area (Å²) in [7, 11) is 0. The van der Waals surface area contributed by atoms with Gasteiger partial charge < -0.3 is 18.5 Å². The van der Waals surface area contributed by atoms with Crippen molar-refractivity contribution >= 4 is 24.0 Å². The van der Waals surface area contributed by atoms with Crippen molar-refractivity contribution in [2.45, 2.75) is 0 Å². The predicted molar refractivity (Wildman–Crippen MR) is 30.5 cm³/mol. The first kappa shape index (κ1) is 161. The van der Waals surface area contributed by atoms with Crippen molar-refractivity contribution in [3.05, 3.63) is 0 Å². The SMILES string of the molecule is I.N.N.N. The fourth-order valence-electron chi connectivity index (χ4n) is 0. The number of halogens is 1. The second-order valence-corrected chi connectivity index (χ2v) is 0. The molecule has 4 heavy (non-hydrogen) atoms. The third kappa shape index (κ3) is 18.2. The zero-order chi connectivity index (χ0) is 0. The van der Waals surface area contributed by atoms with Gasteiger partial charge in [0, 0.05) is 0 Å². The van der Waals surface area contributed by atoms with Crippen LogP contribution in [0.4, 0.5) is 0 Å². The molecule has 0 rings (SSSR count). The van der Waals surface area contributed by atoms with Gasteiger partial charge in [0.2, 0.25) is 0 Å². The van der Waals surface area contributed by atoms with Gasteiger partial charge in [-0.25, -0.2) is 0 Å². The molecule has 0 spiro atoms. The van der Waals surface area contributed by atoms with Gasteiger partial charge in [-0.3, -0.25) is 0 Å². The minimum Gasteiger partial charge on any atom is -0.344 e. The van der Waals surface area contributed by atoms with E-state index in [0.717, 1.165) is 0 Å². The highest BCUT2D eigenvalue weighted by Crippen LogP contribution is 0.886. The number of hydrogen-bond donors (Lipinski definition) is 3. The number of rotatable bonds is 0. The van der Waals surface area contributed by atoms with Crippen LogP contribution in [0.1, 0.15) is 0 Å². The summed E-state index contributed by atoms with van der Waals surface area (Å²) in [6.45, 7) is 0. The van der Waals surface area contributed by atoms with E-state index in [1.165, 1.54) is 0 Å². The Hall–Kier alpha value is 0.610. The summed E-state index contributed by atoms with van der Waals surface area (Å²) in [6.07, 6.45) is 0. The van der Waals surface area contributed by atoms with Crippen molar-refractivity contribution < 1.29 is 0 Å². The summed E-state index contributed by atoms with van der Waals surface area (Å²) >= 11 is 0. The first-order valence-corrected chi connectivity index (χ1v) is 0. The van der Waals surface area contributed by atoms with Crippen LogP contribution in [0.15, 0.2) is 0 Å². The topological polar surface area (TPSA) is 105 Å². The molecule has 32 valence electrons. The summed E-state index contributed by atoms with van der Waals surface area (Å²) in [5.74, 6) is 0. The molecule has 0 atom stereocenters. The highest BCUT2D eigenvalue weighted by atomic mass is 127. The summed E-state index contributed by atoms with van der Waals surface area (Å²) in [6, 6.07) is 0. The smallest absolute Gasteiger partial charge is 0.107 e. The molecular weight excluding hydrogens is 169 g/mol. The molecule has 0 radical (unpaired) electrons. The minimum absolute atomic E-state index is 0. The third-order valence-corrected chi connectivity index (χ3v) is 0. The average Bonchev–Trinajstić information content (AvgIpc) is 0. The Morgan fingerprint density at radius 2 is 0.500 bits per heavy atom. The molecule has 4 heteroatoms. The van der Waals surface area contributed by atoms with Crippen molar-refractivity contribution in [3.8, 4) is 0 Å². The van der Waals surface area contributed by atoms with Gasteiger partial charge in [0.15, 0.2) is 0 Å². The van der Waals surface area contributed by atoms with Crippen LogP contribution in [-0.2, 0) is 0 Å². The first-order valence-electron chi connectivity index (χ1n) is 0. The molecule has 0 aromatic rings. The highest BCUT2D eigenvalue weighted by Gasteiger charge is -0.107. The summed E-state index contributed by atoms with van der Waals surface area (Å²) in [4.78, 5) is 0. The average molecular weight is 179 g/mol. The van der Waals surface area contributed by atoms with Crippen molar-refractivity contribution in [1.82, 2.24) is 18.5 Å². The van der Waals surface area contributed by atoms with Crippen molar-refractivity contribution in [2.24, 2.45) is 0 Å². The van der Waals surface area contributed by atoms with E-state index in [4.69, 9.17) is 0 Å². The summed E-state index contributed by atoms with van der Waals surface area (Å²) < 4.78 is 0. The van der Waals surface area contributed by atoms with Crippen LogP contribution in [0.5, 0.6) is 0 Å². The lowest BCUT2D eigenvalue weighted by Crippen LogP contribution is -0.482. The molecule has 0 heterocycles. The molecule has 0 amide bonds. The van der Waals surface area contributed by atoms with Crippen LogP contribution in [0.3, 0.4) is 0 Å². The Balaban J connectivity index is 0. The Morgan fingerprint density at radius 1 is 0.500 bits per heavy atom. The molecular formula is H10IN3. The van der Waals surface area contributed by atoms with E-state index >= 15 is 0 Å². The van der Waals surface area contributed by atoms with Gasteiger partial charge in [0.25, 0.3) is 0 Å². The molecule has 0 saturated heterocycles. The van der Waals surface area contributed by atoms with E-state index in [0.29, 0.717) is 0 Å². The molecule has 0 aliphatic rings. The lowest BCUT2D eigenvalue weighted by Gasteiger charge is -0.345. The standard InChI is InChI=1S/HI.3H3N/h1H;3*1H3. The van der Waals surface area contributed by atoms with Crippen LogP contribution >= 0.6 is 24.0 Å². The van der Waals surface area contributed by atoms with Crippen LogP contribution in [0.25, 0.3) is 0 Å². The maximum atomic E-state index is 0. The van der Waals surface area contributed by atoms with Gasteiger partial charge in [-0.15, -0.1) is 24.0 Å². The Bertz CT molecular complexity index is 3.25. The van der Waals surface area contributed by atoms with E-state index in [1.807, 2.05) is 0 Å². The maximum absolute atomic E-state index is 0. The molecule has 0 aliphatic heterocycles. The Morgan fingerprint density at radius 3 is 0.500 bits per heavy atom. The zero-order valence-corrected chi connectivity index (χ0v) is 4.86. The van der Waals surface area contributed by atoms with Gasteiger partial charge in [-0.2, -0.15) is 0 Å². The molecule has 9 N–H and O–H groups in total. The Kier molecular flexibility index (Phi) is 2670. The molecule has 0 bridgehead atoms. The van der Waals surface area contributed by atoms with E-state index in [2.05, 4.69) is 0 Å². The molecule has 0 aliphatic carbocycles. The lowest BCUT2D eigenvalue weighted by molar-refractivity contribution is 2.13. The van der Waals surface area contributed by atoms with Gasteiger partial charge in [-0.1, -0.05) is 0 Å². The van der Waals surface area contributed by atoms with Crippen molar-refractivity contribution in [3.63, 3.8) is 0 Å². The monoisotopic (exact) mass is 179 g/mol. The van der Waals surface area contributed by atoms with Crippen molar-refractivity contribution in [2.75, 3.05) is 0 Å². The molecule has 0 fully saturated rings. The van der Waals surface area contributed by atoms with E-state index in [1.54, 1.807) is 0 Å². The molecule has 0 aromatic heterocycles. The number of hydrogen-bond acceptors (Lipinski definition) is 3. The second-order valence-electron chi connectivity index (χ2n) is 0. The molecule has 0 aromatic carbocycles. The van der Waals surface area contributed by atoms with Crippen LogP contribution in [0, 0.1) is 0 Å². The Labute approximate surface area is 42.9 Å². The fourth-order valence-corrected chi connectivity index (χ4v) is 0. The zero-order valence-electron chi connectivity index (χ0n) is 2.53. The van der Waals surface area contributed by atoms with Gasteiger partial charge >= 0.3 is 0 Å². The second kappa shape index (κ2) is 66.1. The molecule has 0 unspecified atom stereocenters. The third-order valence-electron chi connectivity index (χ3n) is 0. The maximum Gasteiger partial charge on any atom is -0.107 e. The van der Waals surface area contributed by atoms with Gasteiger partial charge in [0.05, 0.1) is 0 Å².